The van der Waals surface area contributed by atoms with Crippen LogP contribution in [0.5, 0.6) is 0 Å². The molecule has 0 N–H and O–H groups in total. The van der Waals surface area contributed by atoms with E-state index in [-0.39, 0.29) is 7.69 Å². The van der Waals surface area contributed by atoms with E-state index in [1.807, 2.05) is 6.33 Å². The summed E-state index contributed by atoms with van der Waals surface area (Å²) < 4.78 is 4.93. The van der Waals surface area contributed by atoms with Gasteiger partial charge in [-0.15, -0.1) is 0 Å². The lowest BCUT2D eigenvalue weighted by atomic mass is 9.90. The average Bonchev–Trinajstić information content (AvgIpc) is 2.75. The van der Waals surface area contributed by atoms with Gasteiger partial charge in [-0.05, 0) is 20.5 Å². The van der Waals surface area contributed by atoms with Crippen LogP contribution in [0.2, 0.25) is 39.3 Å². The van der Waals surface area contributed by atoms with Crippen molar-refractivity contribution >= 4 is 23.8 Å². The van der Waals surface area contributed by atoms with Crippen molar-refractivity contribution in [2.75, 3.05) is 0 Å². The van der Waals surface area contributed by atoms with Crippen LogP contribution >= 0.6 is 7.69 Å². The van der Waals surface area contributed by atoms with E-state index in [2.05, 4.69) is 39.3 Å². The molecular weight excluding hydrogens is 295 g/mol. The van der Waals surface area contributed by atoms with Gasteiger partial charge in [-0.3, -0.25) is 0 Å². The van der Waals surface area contributed by atoms with Crippen molar-refractivity contribution in [3.05, 3.63) is 11.8 Å². The molecule has 0 spiro atoms. The Balaban J connectivity index is 2.37. The van der Waals surface area contributed by atoms with E-state index in [1.54, 1.807) is 0 Å². The van der Waals surface area contributed by atoms with Crippen LogP contribution in [-0.4, -0.2) is 25.9 Å². The maximum atomic E-state index is 4.93. The highest BCUT2D eigenvalue weighted by Gasteiger charge is 2.42. The van der Waals surface area contributed by atoms with E-state index in [1.165, 1.54) is 37.5 Å². The molecule has 0 aromatic carbocycles. The quantitative estimate of drug-likeness (QED) is 0.653. The van der Waals surface area contributed by atoms with Crippen molar-refractivity contribution in [3.63, 3.8) is 0 Å². The first-order valence-electron chi connectivity index (χ1n) is 8.10. The molecule has 2 nitrogen and oxygen atoms in total. The normalized spacial score (nSPS) is 19.6. The first-order valence-corrected chi connectivity index (χ1v) is 16.6. The van der Waals surface area contributed by atoms with Gasteiger partial charge < -0.3 is 0 Å². The molecule has 0 saturated heterocycles. The predicted molar refractivity (Wildman–Crippen MR) is 96.3 cm³/mol. The van der Waals surface area contributed by atoms with Crippen molar-refractivity contribution in [1.82, 2.24) is 9.73 Å². The van der Waals surface area contributed by atoms with Gasteiger partial charge in [-0.2, -0.15) is 0 Å². The molecule has 0 bridgehead atoms. The maximum Gasteiger partial charge on any atom is 0.120 e. The second-order valence-electron chi connectivity index (χ2n) is 8.53. The monoisotopic (exact) mass is 326 g/mol. The van der Waals surface area contributed by atoms with Crippen LogP contribution in [0.15, 0.2) is 6.33 Å². The molecule has 114 valence electrons. The fourth-order valence-electron chi connectivity index (χ4n) is 4.14. The summed E-state index contributed by atoms with van der Waals surface area (Å²) in [5, 5.41) is 0. The van der Waals surface area contributed by atoms with Crippen molar-refractivity contribution in [2.24, 2.45) is 0 Å². The smallest absolute Gasteiger partial charge is 0.120 e. The minimum absolute atomic E-state index is 0.328. The van der Waals surface area contributed by atoms with Gasteiger partial charge in [0.15, 0.2) is 0 Å². The summed E-state index contributed by atoms with van der Waals surface area (Å²) in [6.45, 7) is 15.3. The van der Waals surface area contributed by atoms with Crippen LogP contribution in [0, 0.1) is 0 Å². The van der Waals surface area contributed by atoms with Gasteiger partial charge in [0.2, 0.25) is 0 Å². The van der Waals surface area contributed by atoms with Gasteiger partial charge in [0.1, 0.15) is 6.33 Å². The van der Waals surface area contributed by atoms with Crippen molar-refractivity contribution in [2.45, 2.75) is 82.2 Å². The minimum atomic E-state index is -1.20. The zero-order chi connectivity index (χ0) is 15.0. The van der Waals surface area contributed by atoms with E-state index in [0.29, 0.717) is 0 Å². The fourth-order valence-corrected chi connectivity index (χ4v) is 23.1. The van der Waals surface area contributed by atoms with Crippen molar-refractivity contribution in [3.8, 4) is 0 Å². The first kappa shape index (κ1) is 16.4. The largest absolute Gasteiger partial charge is 0.235 e. The number of hydrogen-bond donors (Lipinski definition) is 0. The number of rotatable bonds is 4. The Bertz CT molecular complexity index is 425. The number of aromatic nitrogens is 2. The molecule has 1 aromatic heterocycles. The standard InChI is InChI=1S/C15H31N2PSi2/c1-19(2,3)15(20(4,5)6)18-14(16-12-17-18)13-10-8-7-9-11-13/h12-13,15H,7-11H2,1-6H3. The lowest BCUT2D eigenvalue weighted by Crippen LogP contribution is -2.43. The van der Waals surface area contributed by atoms with Gasteiger partial charge >= 0.3 is 0 Å². The zero-order valence-corrected chi connectivity index (χ0v) is 17.0. The SMILES string of the molecule is C[Si](C)(C)C(p1ncnc1C1CCCCC1)[Si](C)(C)C. The summed E-state index contributed by atoms with van der Waals surface area (Å²) in [5.41, 5.74) is 1.52. The van der Waals surface area contributed by atoms with Gasteiger partial charge in [-0.1, -0.05) is 58.5 Å². The molecule has 1 aromatic rings. The Morgan fingerprint density at radius 3 is 2.05 bits per heavy atom. The van der Waals surface area contributed by atoms with Gasteiger partial charge in [0.05, 0.1) is 21.6 Å². The molecule has 1 aliphatic rings. The molecule has 2 rings (SSSR count). The van der Waals surface area contributed by atoms with E-state index < -0.39 is 16.1 Å². The molecule has 1 fully saturated rings. The van der Waals surface area contributed by atoms with Crippen LogP contribution in [0.4, 0.5) is 0 Å². The van der Waals surface area contributed by atoms with E-state index >= 15 is 0 Å². The molecule has 1 unspecified atom stereocenters. The molecule has 0 amide bonds. The minimum Gasteiger partial charge on any atom is -0.235 e. The third-order valence-corrected chi connectivity index (χ3v) is 20.8. The van der Waals surface area contributed by atoms with Crippen LogP contribution < -0.4 is 0 Å². The third kappa shape index (κ3) is 3.63. The molecule has 0 aliphatic heterocycles. The summed E-state index contributed by atoms with van der Waals surface area (Å²) in [6.07, 6.45) is 8.86. The second kappa shape index (κ2) is 6.06. The Labute approximate surface area is 128 Å². The maximum absolute atomic E-state index is 4.93. The second-order valence-corrected chi connectivity index (χ2v) is 22.6. The first-order chi connectivity index (χ1) is 9.21. The molecule has 1 heterocycles. The van der Waals surface area contributed by atoms with Crippen molar-refractivity contribution in [1.29, 1.82) is 0 Å². The Morgan fingerprint density at radius 2 is 1.55 bits per heavy atom. The van der Waals surface area contributed by atoms with E-state index in [9.17, 15) is 0 Å². The molecule has 5 heteroatoms. The molecular formula is C15H31N2PSi2. The lowest BCUT2D eigenvalue weighted by molar-refractivity contribution is 0.442. The summed E-state index contributed by atoms with van der Waals surface area (Å²) >= 11 is 0. The summed E-state index contributed by atoms with van der Waals surface area (Å²) in [4.78, 5) is 5.67. The van der Waals surface area contributed by atoms with Gasteiger partial charge in [-0.25, -0.2) is 9.73 Å². The molecule has 0 radical (unpaired) electrons. The lowest BCUT2D eigenvalue weighted by Gasteiger charge is -2.38. The van der Waals surface area contributed by atoms with Crippen molar-refractivity contribution < 1.29 is 0 Å². The zero-order valence-electron chi connectivity index (χ0n) is 14.1. The summed E-state index contributed by atoms with van der Waals surface area (Å²) in [5.74, 6) is 0.757. The Morgan fingerprint density at radius 1 is 1.00 bits per heavy atom. The van der Waals surface area contributed by atoms with Crippen LogP contribution in [0.3, 0.4) is 0 Å². The fraction of sp³-hybridized carbons (Fsp3) is 0.867. The Kier molecular flexibility index (Phi) is 4.98. The highest BCUT2D eigenvalue weighted by Crippen LogP contribution is 2.54. The average molecular weight is 327 g/mol. The van der Waals surface area contributed by atoms with Crippen LogP contribution in [0.25, 0.3) is 0 Å². The summed E-state index contributed by atoms with van der Waals surface area (Å²) in [7, 11) is -2.72. The topological polar surface area (TPSA) is 25.8 Å². The highest BCUT2D eigenvalue weighted by atomic mass is 31.1. The molecule has 1 saturated carbocycles. The van der Waals surface area contributed by atoms with Gasteiger partial charge in [0.25, 0.3) is 0 Å². The summed E-state index contributed by atoms with van der Waals surface area (Å²) in [6, 6.07) is 0. The van der Waals surface area contributed by atoms with Gasteiger partial charge in [0, 0.05) is 10.8 Å². The molecule has 20 heavy (non-hydrogen) atoms. The van der Waals surface area contributed by atoms with E-state index in [4.69, 9.17) is 9.73 Å². The molecule has 1 aliphatic carbocycles. The molecule has 1 atom stereocenters. The number of nitrogens with zero attached hydrogens (tertiary/aromatic N) is 2. The number of hydrogen-bond acceptors (Lipinski definition) is 2. The third-order valence-electron chi connectivity index (χ3n) is 4.46. The van der Waals surface area contributed by atoms with Crippen LogP contribution in [0.1, 0.15) is 48.4 Å². The Hall–Kier alpha value is 0.0738. The predicted octanol–water partition coefficient (Wildman–Crippen LogP) is 5.81. The highest BCUT2D eigenvalue weighted by molar-refractivity contribution is 7.54. The van der Waals surface area contributed by atoms with Crippen LogP contribution in [-0.2, 0) is 0 Å². The van der Waals surface area contributed by atoms with E-state index in [0.717, 1.165) is 10.8 Å².